The highest BCUT2D eigenvalue weighted by atomic mass is 79.9. The molecule has 1 fully saturated rings. The highest BCUT2D eigenvalue weighted by molar-refractivity contribution is 9.10. The Kier molecular flexibility index (Phi) is 7.27. The van der Waals surface area contributed by atoms with Crippen LogP contribution in [-0.4, -0.2) is 5.78 Å². The summed E-state index contributed by atoms with van der Waals surface area (Å²) in [5.74, 6) is 2.24. The molecule has 3 heteroatoms. The lowest BCUT2D eigenvalue weighted by molar-refractivity contribution is -0.113. The van der Waals surface area contributed by atoms with Crippen LogP contribution in [0, 0.1) is 19.8 Å². The molecule has 0 N–H and O–H groups in total. The molecular weight excluding hydrogens is 352 g/mol. The van der Waals surface area contributed by atoms with Crippen LogP contribution < -0.4 is 0 Å². The molecule has 0 aromatic heterocycles. The minimum atomic E-state index is -0.00350. The van der Waals surface area contributed by atoms with Gasteiger partial charge in [0, 0.05) is 15.6 Å². The topological polar surface area (TPSA) is 26.3 Å². The third-order valence-electron chi connectivity index (χ3n) is 3.98. The Labute approximate surface area is 148 Å². The van der Waals surface area contributed by atoms with Crippen LogP contribution in [0.15, 0.2) is 34.5 Å². The molecule has 0 spiro atoms. The molecule has 0 heterocycles. The minimum absolute atomic E-state index is 0.00350. The zero-order valence-electron chi connectivity index (χ0n) is 15.0. The molecule has 1 aliphatic carbocycles. The third kappa shape index (κ3) is 5.98. The fourth-order valence-corrected chi connectivity index (χ4v) is 2.30. The smallest absolute Gasteiger partial charge is 0.159 e. The number of carbonyl (C=O) groups excluding carboxylic acids is 1. The molecule has 1 aliphatic rings. The molecule has 1 saturated carbocycles. The van der Waals surface area contributed by atoms with Crippen molar-refractivity contribution in [2.75, 3.05) is 0 Å². The zero-order valence-corrected chi connectivity index (χ0v) is 16.6. The zero-order chi connectivity index (χ0) is 17.7. The van der Waals surface area contributed by atoms with Gasteiger partial charge >= 0.3 is 0 Å². The molecule has 23 heavy (non-hydrogen) atoms. The number of ether oxygens (including phenoxy) is 1. The van der Waals surface area contributed by atoms with Gasteiger partial charge in [0.15, 0.2) is 5.78 Å². The second-order valence-corrected chi connectivity index (χ2v) is 7.20. The standard InChI is InChI=1S/C16H19BrO2.C4H8/c1-9(2)19-16(12(5)13(6)18)14-7-8-15(17)11(4)10(14)3;1-4-2-3-4/h7-8H,1H2,2-6H3;4H,2-3H2,1H3/b16-12+;. The van der Waals surface area contributed by atoms with E-state index >= 15 is 0 Å². The number of halogens is 1. The van der Waals surface area contributed by atoms with Crippen molar-refractivity contribution >= 4 is 27.5 Å². The van der Waals surface area contributed by atoms with Crippen LogP contribution in [-0.2, 0) is 9.53 Å². The van der Waals surface area contributed by atoms with Crippen molar-refractivity contribution in [2.45, 2.75) is 54.4 Å². The SMILES string of the molecule is C=C(C)O/C(=C(\C)C(C)=O)c1ccc(Br)c(C)c1C.CC1CC1. The van der Waals surface area contributed by atoms with E-state index in [2.05, 4.69) is 29.4 Å². The summed E-state index contributed by atoms with van der Waals surface area (Å²) < 4.78 is 6.73. The first-order valence-corrected chi connectivity index (χ1v) is 8.75. The Bertz CT molecular complexity index is 637. The highest BCUT2D eigenvalue weighted by Crippen LogP contribution is 2.31. The molecule has 2 rings (SSSR count). The summed E-state index contributed by atoms with van der Waals surface area (Å²) >= 11 is 3.50. The number of rotatable bonds is 4. The Balaban J connectivity index is 0.000000570. The fraction of sp³-hybridized carbons (Fsp3) is 0.450. The van der Waals surface area contributed by atoms with Crippen molar-refractivity contribution in [3.63, 3.8) is 0 Å². The number of allylic oxidation sites excluding steroid dienone is 2. The maximum absolute atomic E-state index is 11.6. The predicted octanol–water partition coefficient (Wildman–Crippen LogP) is 6.35. The van der Waals surface area contributed by atoms with Crippen molar-refractivity contribution in [2.24, 2.45) is 5.92 Å². The fourth-order valence-electron chi connectivity index (χ4n) is 1.87. The molecule has 0 bridgehead atoms. The average Bonchev–Trinajstić information content (AvgIpc) is 3.25. The maximum atomic E-state index is 11.6. The molecule has 1 aromatic carbocycles. The molecule has 0 radical (unpaired) electrons. The molecule has 1 aromatic rings. The first-order valence-electron chi connectivity index (χ1n) is 7.96. The van der Waals surface area contributed by atoms with Crippen LogP contribution in [0.1, 0.15) is 57.2 Å². The second kappa shape index (κ2) is 8.49. The van der Waals surface area contributed by atoms with E-state index in [1.165, 1.54) is 19.8 Å². The first-order chi connectivity index (χ1) is 10.6. The van der Waals surface area contributed by atoms with E-state index in [0.29, 0.717) is 17.1 Å². The summed E-state index contributed by atoms with van der Waals surface area (Å²) in [4.78, 5) is 11.6. The molecule has 2 nitrogen and oxygen atoms in total. The summed E-state index contributed by atoms with van der Waals surface area (Å²) in [6.45, 7) is 15.2. The number of Topliss-reactive ketones (excluding diaryl/α,β-unsaturated/α-hetero) is 1. The number of hydrogen-bond donors (Lipinski definition) is 0. The van der Waals surface area contributed by atoms with Gasteiger partial charge in [0.25, 0.3) is 0 Å². The van der Waals surface area contributed by atoms with Gasteiger partial charge in [-0.2, -0.15) is 0 Å². The van der Waals surface area contributed by atoms with Crippen LogP contribution in [0.4, 0.5) is 0 Å². The summed E-state index contributed by atoms with van der Waals surface area (Å²) in [6.07, 6.45) is 2.97. The first kappa shape index (κ1) is 19.7. The lowest BCUT2D eigenvalue weighted by Gasteiger charge is -2.17. The van der Waals surface area contributed by atoms with Gasteiger partial charge in [-0.1, -0.05) is 42.3 Å². The molecule has 0 saturated heterocycles. The maximum Gasteiger partial charge on any atom is 0.159 e. The van der Waals surface area contributed by atoms with Crippen LogP contribution >= 0.6 is 15.9 Å². The number of carbonyl (C=O) groups is 1. The van der Waals surface area contributed by atoms with Gasteiger partial charge in [0.2, 0.25) is 0 Å². The van der Waals surface area contributed by atoms with Gasteiger partial charge in [0.1, 0.15) is 5.76 Å². The van der Waals surface area contributed by atoms with Crippen molar-refractivity contribution < 1.29 is 9.53 Å². The van der Waals surface area contributed by atoms with E-state index in [4.69, 9.17) is 4.74 Å². The van der Waals surface area contributed by atoms with Gasteiger partial charge in [-0.3, -0.25) is 4.79 Å². The molecule has 126 valence electrons. The molecular formula is C20H27BrO2. The summed E-state index contributed by atoms with van der Waals surface area (Å²) in [5, 5.41) is 0. The van der Waals surface area contributed by atoms with Gasteiger partial charge in [-0.15, -0.1) is 0 Å². The number of benzene rings is 1. The van der Waals surface area contributed by atoms with Crippen LogP contribution in [0.3, 0.4) is 0 Å². The van der Waals surface area contributed by atoms with Crippen LogP contribution in [0.5, 0.6) is 0 Å². The van der Waals surface area contributed by atoms with Gasteiger partial charge in [-0.25, -0.2) is 0 Å². The Hall–Kier alpha value is -1.35. The van der Waals surface area contributed by atoms with Crippen LogP contribution in [0.25, 0.3) is 5.76 Å². The van der Waals surface area contributed by atoms with Gasteiger partial charge in [0.05, 0.1) is 5.76 Å². The highest BCUT2D eigenvalue weighted by Gasteiger charge is 2.16. The quantitative estimate of drug-likeness (QED) is 0.450. The normalized spacial score (nSPS) is 14.4. The van der Waals surface area contributed by atoms with E-state index in [0.717, 1.165) is 27.1 Å². The second-order valence-electron chi connectivity index (χ2n) is 6.34. The van der Waals surface area contributed by atoms with E-state index in [1.807, 2.05) is 26.0 Å². The Morgan fingerprint density at radius 3 is 2.09 bits per heavy atom. The Morgan fingerprint density at radius 1 is 1.17 bits per heavy atom. The largest absolute Gasteiger partial charge is 0.462 e. The summed E-state index contributed by atoms with van der Waals surface area (Å²) in [5.41, 5.74) is 3.76. The van der Waals surface area contributed by atoms with E-state index < -0.39 is 0 Å². The van der Waals surface area contributed by atoms with E-state index in [9.17, 15) is 4.79 Å². The van der Waals surface area contributed by atoms with Gasteiger partial charge < -0.3 is 4.74 Å². The summed E-state index contributed by atoms with van der Waals surface area (Å²) in [6, 6.07) is 3.92. The van der Waals surface area contributed by atoms with Gasteiger partial charge in [-0.05, 0) is 63.8 Å². The van der Waals surface area contributed by atoms with Crippen molar-refractivity contribution in [1.82, 2.24) is 0 Å². The molecule has 0 amide bonds. The van der Waals surface area contributed by atoms with Crippen molar-refractivity contribution in [3.05, 3.63) is 51.2 Å². The molecule has 0 unspecified atom stereocenters. The Morgan fingerprint density at radius 2 is 1.70 bits per heavy atom. The van der Waals surface area contributed by atoms with Crippen molar-refractivity contribution in [3.8, 4) is 0 Å². The average molecular weight is 379 g/mol. The van der Waals surface area contributed by atoms with Crippen LogP contribution in [0.2, 0.25) is 0 Å². The third-order valence-corrected chi connectivity index (χ3v) is 4.84. The lowest BCUT2D eigenvalue weighted by Crippen LogP contribution is -2.03. The monoisotopic (exact) mass is 378 g/mol. The summed E-state index contributed by atoms with van der Waals surface area (Å²) in [7, 11) is 0. The number of hydrogen-bond acceptors (Lipinski definition) is 2. The minimum Gasteiger partial charge on any atom is -0.462 e. The predicted molar refractivity (Wildman–Crippen MR) is 101 cm³/mol. The molecule has 0 atom stereocenters. The molecule has 0 aliphatic heterocycles. The van der Waals surface area contributed by atoms with E-state index in [-0.39, 0.29) is 5.78 Å². The lowest BCUT2D eigenvalue weighted by atomic mass is 9.98. The van der Waals surface area contributed by atoms with Crippen molar-refractivity contribution in [1.29, 1.82) is 0 Å². The van der Waals surface area contributed by atoms with E-state index in [1.54, 1.807) is 13.8 Å². The number of ketones is 1.